The van der Waals surface area contributed by atoms with E-state index < -0.39 is 0 Å². The van der Waals surface area contributed by atoms with Gasteiger partial charge in [0, 0.05) is 5.02 Å². The van der Waals surface area contributed by atoms with E-state index in [-0.39, 0.29) is 12.1 Å². The lowest BCUT2D eigenvalue weighted by Gasteiger charge is -2.32. The first-order valence-corrected chi connectivity index (χ1v) is 7.70. The molecule has 1 aliphatic rings. The average molecular weight is 298 g/mol. The largest absolute Gasteiger partial charge is 0.376 e. The molecule has 4 heteroatoms. The molecule has 0 spiro atoms. The first-order valence-electron chi connectivity index (χ1n) is 7.33. The van der Waals surface area contributed by atoms with E-state index in [4.69, 9.17) is 21.1 Å². The molecule has 20 heavy (non-hydrogen) atoms. The van der Waals surface area contributed by atoms with Crippen molar-refractivity contribution >= 4 is 11.6 Å². The Bertz CT molecular complexity index is 444. The fourth-order valence-corrected chi connectivity index (χ4v) is 2.80. The van der Waals surface area contributed by atoms with Crippen LogP contribution in [-0.4, -0.2) is 32.5 Å². The van der Waals surface area contributed by atoms with Gasteiger partial charge in [0.05, 0.1) is 25.9 Å². The molecule has 0 aliphatic carbocycles. The van der Waals surface area contributed by atoms with E-state index in [0.717, 1.165) is 23.6 Å². The van der Waals surface area contributed by atoms with Crippen molar-refractivity contribution < 1.29 is 9.47 Å². The molecule has 0 amide bonds. The molecule has 1 aromatic carbocycles. The van der Waals surface area contributed by atoms with E-state index in [1.807, 2.05) is 13.0 Å². The van der Waals surface area contributed by atoms with E-state index in [1.165, 1.54) is 11.1 Å². The maximum atomic E-state index is 6.20. The first kappa shape index (κ1) is 15.8. The van der Waals surface area contributed by atoms with Gasteiger partial charge in [-0.15, -0.1) is 0 Å². The van der Waals surface area contributed by atoms with Gasteiger partial charge in [-0.05, 0) is 49.6 Å². The highest BCUT2D eigenvalue weighted by Gasteiger charge is 2.27. The van der Waals surface area contributed by atoms with Crippen LogP contribution in [-0.2, 0) is 9.47 Å². The van der Waals surface area contributed by atoms with Crippen molar-refractivity contribution in [3.05, 3.63) is 33.8 Å². The lowest BCUT2D eigenvalue weighted by molar-refractivity contribution is -0.102. The van der Waals surface area contributed by atoms with Crippen molar-refractivity contribution in [2.75, 3.05) is 26.4 Å². The Balaban J connectivity index is 2.27. The van der Waals surface area contributed by atoms with E-state index in [2.05, 4.69) is 25.2 Å². The summed E-state index contributed by atoms with van der Waals surface area (Å²) < 4.78 is 11.5. The summed E-state index contributed by atoms with van der Waals surface area (Å²) in [6.07, 6.45) is 1.16. The molecule has 112 valence electrons. The molecule has 1 saturated heterocycles. The van der Waals surface area contributed by atoms with Crippen LogP contribution < -0.4 is 5.32 Å². The molecular weight excluding hydrogens is 274 g/mol. The number of nitrogens with one attached hydrogen (secondary N) is 1. The summed E-state index contributed by atoms with van der Waals surface area (Å²) in [5, 5.41) is 4.42. The number of ether oxygens (including phenoxy) is 2. The van der Waals surface area contributed by atoms with Gasteiger partial charge in [-0.2, -0.15) is 0 Å². The van der Waals surface area contributed by atoms with Crippen molar-refractivity contribution in [3.63, 3.8) is 0 Å². The highest BCUT2D eigenvalue weighted by molar-refractivity contribution is 6.31. The number of hydrogen-bond donors (Lipinski definition) is 1. The van der Waals surface area contributed by atoms with Crippen molar-refractivity contribution in [2.45, 2.75) is 39.3 Å². The van der Waals surface area contributed by atoms with Gasteiger partial charge in [-0.25, -0.2) is 0 Å². The Morgan fingerprint density at radius 3 is 2.75 bits per heavy atom. The van der Waals surface area contributed by atoms with Crippen LogP contribution in [0.5, 0.6) is 0 Å². The second-order valence-corrected chi connectivity index (χ2v) is 5.78. The molecule has 0 saturated carbocycles. The van der Waals surface area contributed by atoms with Crippen LogP contribution in [0.3, 0.4) is 0 Å². The topological polar surface area (TPSA) is 30.5 Å². The second kappa shape index (κ2) is 7.41. The third kappa shape index (κ3) is 3.73. The molecule has 0 bridgehead atoms. The van der Waals surface area contributed by atoms with Crippen molar-refractivity contribution in [3.8, 4) is 0 Å². The third-order valence-electron chi connectivity index (χ3n) is 3.71. The molecular formula is C16H24ClNO2. The average Bonchev–Trinajstić information content (AvgIpc) is 2.45. The molecule has 0 radical (unpaired) electrons. The monoisotopic (exact) mass is 297 g/mol. The Kier molecular flexibility index (Phi) is 5.85. The molecule has 2 rings (SSSR count). The first-order chi connectivity index (χ1) is 9.63. The number of halogens is 1. The van der Waals surface area contributed by atoms with Gasteiger partial charge in [0.15, 0.2) is 0 Å². The standard InChI is InChI=1S/C16H24ClNO2/c1-4-5-18-16(15-10-19-6-7-20-15)13-8-12(3)14(17)9-11(13)2/h8-9,15-16,18H,4-7,10H2,1-3H3. The predicted octanol–water partition coefficient (Wildman–Crippen LogP) is 3.41. The van der Waals surface area contributed by atoms with Gasteiger partial charge < -0.3 is 14.8 Å². The minimum atomic E-state index is 0.0644. The summed E-state index contributed by atoms with van der Waals surface area (Å²) in [4.78, 5) is 0. The summed E-state index contributed by atoms with van der Waals surface area (Å²) in [6.45, 7) is 9.28. The molecule has 1 aromatic rings. The van der Waals surface area contributed by atoms with Gasteiger partial charge in [0.25, 0.3) is 0 Å². The number of hydrogen-bond acceptors (Lipinski definition) is 3. The number of rotatable bonds is 5. The predicted molar refractivity (Wildman–Crippen MR) is 82.5 cm³/mol. The normalized spacial score (nSPS) is 20.9. The van der Waals surface area contributed by atoms with Crippen LogP contribution in [0.4, 0.5) is 0 Å². The van der Waals surface area contributed by atoms with Crippen molar-refractivity contribution in [2.24, 2.45) is 0 Å². The summed E-state index contributed by atoms with van der Waals surface area (Å²) in [6, 6.07) is 4.37. The lowest BCUT2D eigenvalue weighted by Crippen LogP contribution is -2.41. The molecule has 1 fully saturated rings. The zero-order valence-electron chi connectivity index (χ0n) is 12.5. The number of aryl methyl sites for hydroxylation is 2. The second-order valence-electron chi connectivity index (χ2n) is 5.37. The Morgan fingerprint density at radius 2 is 2.10 bits per heavy atom. The van der Waals surface area contributed by atoms with Gasteiger partial charge in [0.2, 0.25) is 0 Å². The van der Waals surface area contributed by atoms with Gasteiger partial charge in [-0.1, -0.05) is 24.6 Å². The van der Waals surface area contributed by atoms with E-state index in [1.54, 1.807) is 0 Å². The summed E-state index contributed by atoms with van der Waals surface area (Å²) in [5.74, 6) is 0. The maximum absolute atomic E-state index is 6.20. The Morgan fingerprint density at radius 1 is 1.30 bits per heavy atom. The highest BCUT2D eigenvalue weighted by atomic mass is 35.5. The smallest absolute Gasteiger partial charge is 0.100 e. The Hall–Kier alpha value is -0.610. The van der Waals surface area contributed by atoms with Gasteiger partial charge >= 0.3 is 0 Å². The molecule has 1 aliphatic heterocycles. The zero-order valence-corrected chi connectivity index (χ0v) is 13.3. The van der Waals surface area contributed by atoms with E-state index in [9.17, 15) is 0 Å². The fourth-order valence-electron chi connectivity index (χ4n) is 2.58. The van der Waals surface area contributed by atoms with Crippen LogP contribution in [0, 0.1) is 13.8 Å². The van der Waals surface area contributed by atoms with Crippen LogP contribution in [0.1, 0.15) is 36.1 Å². The van der Waals surface area contributed by atoms with Gasteiger partial charge in [-0.3, -0.25) is 0 Å². The van der Waals surface area contributed by atoms with Crippen LogP contribution >= 0.6 is 11.6 Å². The Labute approximate surface area is 126 Å². The van der Waals surface area contributed by atoms with Crippen molar-refractivity contribution in [1.82, 2.24) is 5.32 Å². The molecule has 0 aromatic heterocycles. The molecule has 2 unspecified atom stereocenters. The molecule has 1 heterocycles. The SMILES string of the molecule is CCCNC(c1cc(C)c(Cl)cc1C)C1COCCO1. The highest BCUT2D eigenvalue weighted by Crippen LogP contribution is 2.29. The third-order valence-corrected chi connectivity index (χ3v) is 4.12. The summed E-state index contributed by atoms with van der Waals surface area (Å²) in [7, 11) is 0. The van der Waals surface area contributed by atoms with Crippen LogP contribution in [0.2, 0.25) is 5.02 Å². The summed E-state index contributed by atoms with van der Waals surface area (Å²) in [5.41, 5.74) is 3.56. The minimum Gasteiger partial charge on any atom is -0.376 e. The molecule has 2 atom stereocenters. The van der Waals surface area contributed by atoms with E-state index >= 15 is 0 Å². The fraction of sp³-hybridized carbons (Fsp3) is 0.625. The molecule has 1 N–H and O–H groups in total. The van der Waals surface area contributed by atoms with Crippen LogP contribution in [0.25, 0.3) is 0 Å². The maximum Gasteiger partial charge on any atom is 0.100 e. The van der Waals surface area contributed by atoms with E-state index in [0.29, 0.717) is 19.8 Å². The number of benzene rings is 1. The summed E-state index contributed by atoms with van der Waals surface area (Å²) >= 11 is 6.20. The zero-order chi connectivity index (χ0) is 14.5. The van der Waals surface area contributed by atoms with Crippen molar-refractivity contribution in [1.29, 1.82) is 0 Å². The minimum absolute atomic E-state index is 0.0644. The lowest BCUT2D eigenvalue weighted by atomic mass is 9.94. The van der Waals surface area contributed by atoms with Gasteiger partial charge in [0.1, 0.15) is 6.10 Å². The van der Waals surface area contributed by atoms with Crippen LogP contribution in [0.15, 0.2) is 12.1 Å². The molecule has 3 nitrogen and oxygen atoms in total. The quantitative estimate of drug-likeness (QED) is 0.903.